The first-order valence-electron chi connectivity index (χ1n) is 17.3. The number of nitrogens with one attached hydrogen (secondary N) is 1. The van der Waals surface area contributed by atoms with Gasteiger partial charge in [-0.05, 0) is 105 Å². The van der Waals surface area contributed by atoms with Crippen LogP contribution in [0.25, 0.3) is 0 Å². The zero-order chi connectivity index (χ0) is 33.3. The number of anilines is 1. The first-order valence-corrected chi connectivity index (χ1v) is 17.3. The monoisotopic (exact) mass is 645 g/mol. The number of aromatic nitrogens is 2. The van der Waals surface area contributed by atoms with Crippen LogP contribution in [-0.2, 0) is 12.8 Å². The fourth-order valence-electron chi connectivity index (χ4n) is 7.37. The van der Waals surface area contributed by atoms with Gasteiger partial charge in [-0.2, -0.15) is 0 Å². The average molecular weight is 646 g/mol. The molecule has 2 aliphatic carbocycles. The Labute approximate surface area is 278 Å². The van der Waals surface area contributed by atoms with Crippen LogP contribution in [-0.4, -0.2) is 66.0 Å². The first kappa shape index (κ1) is 34.8. The number of ether oxygens (including phenoxy) is 1. The second-order valence-corrected chi connectivity index (χ2v) is 13.5. The van der Waals surface area contributed by atoms with Gasteiger partial charge in [-0.1, -0.05) is 31.8 Å². The molecule has 0 bridgehead atoms. The van der Waals surface area contributed by atoms with Crippen molar-refractivity contribution < 1.29 is 30.3 Å². The van der Waals surface area contributed by atoms with Crippen molar-refractivity contribution in [2.45, 2.75) is 114 Å². The van der Waals surface area contributed by atoms with Crippen molar-refractivity contribution in [2.24, 2.45) is 17.8 Å². The Morgan fingerprint density at radius 2 is 1.85 bits per heavy atom. The lowest BCUT2D eigenvalue weighted by molar-refractivity contribution is -0.104. The molecule has 9 nitrogen and oxygen atoms in total. The smallest absolute Gasteiger partial charge is 0.161 e. The van der Waals surface area contributed by atoms with E-state index in [2.05, 4.69) is 28.7 Å². The summed E-state index contributed by atoms with van der Waals surface area (Å²) in [7, 11) is 0. The number of rotatable bonds is 11. The number of hydrogen-bond donors (Lipinski definition) is 7. The molecule has 9 heteroatoms. The van der Waals surface area contributed by atoms with Crippen molar-refractivity contribution in [3.8, 4) is 23.3 Å². The Morgan fingerprint density at radius 1 is 1.02 bits per heavy atom. The van der Waals surface area contributed by atoms with Gasteiger partial charge in [-0.15, -0.1) is 5.92 Å². The number of phenolic OH excluding ortho intramolecular Hbond substituents is 1. The summed E-state index contributed by atoms with van der Waals surface area (Å²) in [6.45, 7) is 2.15. The molecule has 2 aromatic heterocycles. The molecule has 0 amide bonds. The summed E-state index contributed by atoms with van der Waals surface area (Å²) in [5, 5.41) is 55.0. The summed E-state index contributed by atoms with van der Waals surface area (Å²) in [5.41, 5.74) is 8.90. The minimum atomic E-state index is -1.17. The van der Waals surface area contributed by atoms with Crippen molar-refractivity contribution in [3.05, 3.63) is 71.7 Å². The average Bonchev–Trinajstić information content (AvgIpc) is 3.59. The van der Waals surface area contributed by atoms with Crippen LogP contribution in [0.15, 0.2) is 54.9 Å². The van der Waals surface area contributed by atoms with Crippen LogP contribution in [0.5, 0.6) is 11.5 Å². The lowest BCUT2D eigenvalue weighted by atomic mass is 9.71. The number of pyridine rings is 1. The van der Waals surface area contributed by atoms with Crippen molar-refractivity contribution in [1.82, 2.24) is 9.97 Å². The van der Waals surface area contributed by atoms with Gasteiger partial charge < -0.3 is 41.0 Å². The molecule has 9 atom stereocenters. The predicted molar refractivity (Wildman–Crippen MR) is 182 cm³/mol. The van der Waals surface area contributed by atoms with Crippen molar-refractivity contribution >= 4 is 5.82 Å². The van der Waals surface area contributed by atoms with Gasteiger partial charge >= 0.3 is 0 Å². The molecular weight excluding hydrogens is 594 g/mol. The zero-order valence-corrected chi connectivity index (χ0v) is 27.3. The van der Waals surface area contributed by atoms with Gasteiger partial charge in [0.15, 0.2) is 11.5 Å². The number of nitrogens with zero attached hydrogens (tertiary/aromatic N) is 1. The normalized spacial score (nSPS) is 28.1. The molecule has 1 saturated carbocycles. The highest BCUT2D eigenvalue weighted by atomic mass is 16.5. The molecule has 1 aromatic carbocycles. The summed E-state index contributed by atoms with van der Waals surface area (Å²) >= 11 is 0. The van der Waals surface area contributed by atoms with Crippen molar-refractivity contribution in [2.75, 3.05) is 5.73 Å². The predicted octanol–water partition coefficient (Wildman–Crippen LogP) is 4.87. The second kappa shape index (κ2) is 16.5. The van der Waals surface area contributed by atoms with E-state index in [0.29, 0.717) is 56.7 Å². The third-order valence-corrected chi connectivity index (χ3v) is 10.2. The van der Waals surface area contributed by atoms with Crippen molar-refractivity contribution in [3.63, 3.8) is 0 Å². The minimum absolute atomic E-state index is 0.0714. The molecule has 47 heavy (non-hydrogen) atoms. The number of aliphatic hydroxyl groups excluding tert-OH is 4. The first-order chi connectivity index (χ1) is 22.7. The highest BCUT2D eigenvalue weighted by Gasteiger charge is 2.44. The van der Waals surface area contributed by atoms with Gasteiger partial charge in [0.1, 0.15) is 18.0 Å². The molecule has 0 saturated heterocycles. The van der Waals surface area contributed by atoms with Gasteiger partial charge in [0.05, 0.1) is 18.3 Å². The van der Waals surface area contributed by atoms with Crippen LogP contribution in [0.3, 0.4) is 0 Å². The van der Waals surface area contributed by atoms with Crippen LogP contribution in [0.4, 0.5) is 5.82 Å². The lowest BCUT2D eigenvalue weighted by Gasteiger charge is -2.42. The Hall–Kier alpha value is -3.55. The Bertz CT molecular complexity index is 1470. The minimum Gasteiger partial charge on any atom is -0.504 e. The molecular formula is C38H51N3O6. The summed E-state index contributed by atoms with van der Waals surface area (Å²) in [6.07, 6.45) is 6.91. The number of phenols is 1. The molecule has 5 rings (SSSR count). The third-order valence-electron chi connectivity index (χ3n) is 10.2. The highest BCUT2D eigenvalue weighted by Crippen LogP contribution is 2.42. The standard InChI is InChI=1S/C38H51N3O6/c1-2-24-7-3-4-11-31(42)29(10-5-8-24)32(43)15-12-25-13-16-33(44)35(21-25)47-38-28(14-17-34(45)37(38)46)30(23-27-9-6-19-40-27)26-18-20-41-36(39)22-26/h6,9,13,16,18-22,24,28-32,34,37-38,40,42-46H,2-4,7,10-12,14-15,17,23H2,1H3,(H2,39,41). The van der Waals surface area contributed by atoms with Gasteiger partial charge in [0, 0.05) is 42.3 Å². The number of nitrogens with two attached hydrogens (primary N) is 1. The van der Waals surface area contributed by atoms with Crippen LogP contribution in [0.2, 0.25) is 0 Å². The number of H-pyrrole nitrogens is 1. The third kappa shape index (κ3) is 9.08. The van der Waals surface area contributed by atoms with E-state index in [-0.39, 0.29) is 29.3 Å². The Kier molecular flexibility index (Phi) is 12.2. The Balaban J connectivity index is 1.34. The van der Waals surface area contributed by atoms with Crippen LogP contribution in [0.1, 0.15) is 87.4 Å². The summed E-state index contributed by atoms with van der Waals surface area (Å²) in [4.78, 5) is 7.44. The van der Waals surface area contributed by atoms with E-state index < -0.39 is 30.5 Å². The summed E-state index contributed by atoms with van der Waals surface area (Å²) in [5.74, 6) is 6.84. The van der Waals surface area contributed by atoms with Gasteiger partial charge in [-0.3, -0.25) is 0 Å². The number of aromatic hydroxyl groups is 1. The number of aromatic amines is 1. The molecule has 8 N–H and O–H groups in total. The fourth-order valence-corrected chi connectivity index (χ4v) is 7.37. The summed E-state index contributed by atoms with van der Waals surface area (Å²) in [6, 6.07) is 12.8. The number of nitrogen functional groups attached to an aromatic ring is 1. The molecule has 2 aliphatic rings. The molecule has 1 fully saturated rings. The van der Waals surface area contributed by atoms with Crippen LogP contribution >= 0.6 is 0 Å². The van der Waals surface area contributed by atoms with E-state index in [0.717, 1.165) is 42.5 Å². The van der Waals surface area contributed by atoms with Gasteiger partial charge in [0.2, 0.25) is 0 Å². The molecule has 0 radical (unpaired) electrons. The van der Waals surface area contributed by atoms with E-state index >= 15 is 0 Å². The van der Waals surface area contributed by atoms with Gasteiger partial charge in [-0.25, -0.2) is 4.98 Å². The SMILES string of the molecule is CCC1C#CCC(C(O)CCc2ccc(O)c(OC3C(O)C(O)CCC3C(Cc3ccc[nH]3)c3ccnc(N)c3)c2)C(O)CCCC1. The molecule has 0 aliphatic heterocycles. The molecule has 3 aromatic rings. The topological polar surface area (TPSA) is 165 Å². The van der Waals surface area contributed by atoms with E-state index in [1.54, 1.807) is 24.4 Å². The maximum Gasteiger partial charge on any atom is 0.161 e. The summed E-state index contributed by atoms with van der Waals surface area (Å²) < 4.78 is 6.45. The van der Waals surface area contributed by atoms with E-state index in [1.807, 2.05) is 30.5 Å². The maximum atomic E-state index is 11.3. The zero-order valence-electron chi connectivity index (χ0n) is 27.3. The highest BCUT2D eigenvalue weighted by molar-refractivity contribution is 5.42. The lowest BCUT2D eigenvalue weighted by Crippen LogP contribution is -2.51. The van der Waals surface area contributed by atoms with E-state index in [1.165, 1.54) is 0 Å². The van der Waals surface area contributed by atoms with Gasteiger partial charge in [0.25, 0.3) is 0 Å². The quantitative estimate of drug-likeness (QED) is 0.145. The number of aliphatic hydroxyl groups is 4. The number of hydrogen-bond acceptors (Lipinski definition) is 8. The van der Waals surface area contributed by atoms with Crippen molar-refractivity contribution in [1.29, 1.82) is 0 Å². The molecule has 0 spiro atoms. The molecule has 9 unspecified atom stereocenters. The maximum absolute atomic E-state index is 11.3. The fraction of sp³-hybridized carbons (Fsp3) is 0.553. The second-order valence-electron chi connectivity index (χ2n) is 13.5. The number of aryl methyl sites for hydroxylation is 1. The van der Waals surface area contributed by atoms with Crippen LogP contribution in [0, 0.1) is 29.6 Å². The molecule has 254 valence electrons. The van der Waals surface area contributed by atoms with Crippen LogP contribution < -0.4 is 10.5 Å². The van der Waals surface area contributed by atoms with E-state index in [4.69, 9.17) is 10.5 Å². The molecule has 2 heterocycles. The van der Waals surface area contributed by atoms with E-state index in [9.17, 15) is 25.5 Å². The Morgan fingerprint density at radius 3 is 2.62 bits per heavy atom. The largest absolute Gasteiger partial charge is 0.504 e. The number of benzene rings is 1.